The number of rotatable bonds is 2. The Kier molecular flexibility index (Phi) is 4.33. The number of fused-ring (bicyclic) bond motifs is 3. The van der Waals surface area contributed by atoms with Gasteiger partial charge in [-0.15, -0.1) is 0 Å². The average Bonchev–Trinajstić information content (AvgIpc) is 3.30. The third kappa shape index (κ3) is 2.60. The van der Waals surface area contributed by atoms with Crippen LogP contribution in [0.2, 0.25) is 11.5 Å². The third-order valence-corrected chi connectivity index (χ3v) is 16.9. The molecular formula is C24H24GeS3. The van der Waals surface area contributed by atoms with E-state index in [1.54, 1.807) is 19.3 Å². The Morgan fingerprint density at radius 1 is 0.750 bits per heavy atom. The minimum atomic E-state index is -2.45. The molecule has 0 aliphatic carbocycles. The van der Waals surface area contributed by atoms with Gasteiger partial charge in [-0.05, 0) is 0 Å². The van der Waals surface area contributed by atoms with E-state index in [9.17, 15) is 0 Å². The van der Waals surface area contributed by atoms with Crippen LogP contribution in [0.15, 0.2) is 36.4 Å². The van der Waals surface area contributed by atoms with Crippen molar-refractivity contribution >= 4 is 71.7 Å². The van der Waals surface area contributed by atoms with E-state index in [4.69, 9.17) is 0 Å². The molecule has 0 nitrogen and oxygen atoms in total. The van der Waals surface area contributed by atoms with Crippen molar-refractivity contribution in [1.82, 2.24) is 0 Å². The molecule has 0 unspecified atom stereocenters. The Labute approximate surface area is 181 Å². The zero-order valence-corrected chi connectivity index (χ0v) is 21.7. The van der Waals surface area contributed by atoms with Crippen molar-refractivity contribution in [2.75, 3.05) is 0 Å². The SMILES string of the molecule is Cc1cc(C2=[C](c3cc(C)sc3C)[Ge]([CH3])([CH3])[c]3c2sc2ccccc32)c(C)s1. The van der Waals surface area contributed by atoms with Crippen molar-refractivity contribution in [3.63, 3.8) is 0 Å². The van der Waals surface area contributed by atoms with Crippen LogP contribution >= 0.6 is 34.0 Å². The van der Waals surface area contributed by atoms with Gasteiger partial charge in [-0.3, -0.25) is 0 Å². The molecule has 0 amide bonds. The van der Waals surface area contributed by atoms with Crippen molar-refractivity contribution in [3.8, 4) is 0 Å². The van der Waals surface area contributed by atoms with Crippen molar-refractivity contribution in [2.45, 2.75) is 39.2 Å². The number of benzene rings is 1. The summed E-state index contributed by atoms with van der Waals surface area (Å²) in [5, 5.41) is 1.51. The first-order valence-electron chi connectivity index (χ1n) is 9.71. The van der Waals surface area contributed by atoms with E-state index in [1.165, 1.54) is 40.7 Å². The van der Waals surface area contributed by atoms with E-state index < -0.39 is 13.3 Å². The van der Waals surface area contributed by atoms with Crippen molar-refractivity contribution in [3.05, 3.63) is 71.9 Å². The van der Waals surface area contributed by atoms with E-state index in [2.05, 4.69) is 75.6 Å². The predicted molar refractivity (Wildman–Crippen MR) is 132 cm³/mol. The molecule has 4 aromatic rings. The zero-order chi connectivity index (χ0) is 19.8. The Bertz CT molecular complexity index is 1280. The van der Waals surface area contributed by atoms with Crippen LogP contribution in [0, 0.1) is 27.7 Å². The molecule has 0 spiro atoms. The van der Waals surface area contributed by atoms with Crippen molar-refractivity contribution in [1.29, 1.82) is 0 Å². The van der Waals surface area contributed by atoms with Gasteiger partial charge in [0.2, 0.25) is 0 Å². The molecule has 3 aromatic heterocycles. The molecular weight excluding hydrogens is 457 g/mol. The fourth-order valence-electron chi connectivity index (χ4n) is 4.88. The van der Waals surface area contributed by atoms with Crippen LogP contribution in [0.4, 0.5) is 0 Å². The number of hydrogen-bond donors (Lipinski definition) is 0. The molecule has 0 bridgehead atoms. The molecule has 0 atom stereocenters. The van der Waals surface area contributed by atoms with Crippen LogP contribution in [-0.2, 0) is 0 Å². The Morgan fingerprint density at radius 2 is 1.36 bits per heavy atom. The van der Waals surface area contributed by atoms with Gasteiger partial charge < -0.3 is 0 Å². The maximum absolute atomic E-state index is 2.61. The van der Waals surface area contributed by atoms with Gasteiger partial charge in [0.15, 0.2) is 0 Å². The monoisotopic (exact) mass is 482 g/mol. The van der Waals surface area contributed by atoms with E-state index >= 15 is 0 Å². The van der Waals surface area contributed by atoms with Crippen LogP contribution in [0.1, 0.15) is 35.5 Å². The van der Waals surface area contributed by atoms with E-state index in [1.807, 2.05) is 34.0 Å². The van der Waals surface area contributed by atoms with Crippen molar-refractivity contribution < 1.29 is 0 Å². The molecule has 0 saturated carbocycles. The van der Waals surface area contributed by atoms with E-state index in [-0.39, 0.29) is 0 Å². The molecule has 0 fully saturated rings. The van der Waals surface area contributed by atoms with Gasteiger partial charge in [0.05, 0.1) is 0 Å². The summed E-state index contributed by atoms with van der Waals surface area (Å²) in [6, 6.07) is 13.9. The fourth-order valence-corrected chi connectivity index (χ4v) is 17.8. The molecule has 1 aliphatic rings. The summed E-state index contributed by atoms with van der Waals surface area (Å²) in [6.07, 6.45) is 0. The summed E-state index contributed by atoms with van der Waals surface area (Å²) >= 11 is 3.45. The number of hydrogen-bond acceptors (Lipinski definition) is 3. The summed E-state index contributed by atoms with van der Waals surface area (Å²) in [4.78, 5) is 7.34. The molecule has 1 aliphatic heterocycles. The topological polar surface area (TPSA) is 0 Å². The quantitative estimate of drug-likeness (QED) is 0.258. The van der Waals surface area contributed by atoms with Crippen LogP contribution in [-0.4, -0.2) is 13.3 Å². The van der Waals surface area contributed by atoms with Crippen molar-refractivity contribution in [2.24, 2.45) is 0 Å². The summed E-state index contributed by atoms with van der Waals surface area (Å²) in [5.74, 6) is 5.22. The predicted octanol–water partition coefficient (Wildman–Crippen LogP) is 7.69. The standard InChI is InChI=1S/C24H24GeS3/c1-13-11-18(15(3)26-13)21-22(19-12-14(2)27-16(19)4)25(5,6)23-17-9-7-8-10-20(17)28-24(21)23/h7-12H,1-6H3. The molecule has 4 heterocycles. The number of thiophene rings is 3. The molecule has 142 valence electrons. The Morgan fingerprint density at radius 3 is 1.96 bits per heavy atom. The average molecular weight is 481 g/mol. The molecule has 1 aromatic carbocycles. The Hall–Kier alpha value is -1.14. The first-order valence-corrected chi connectivity index (χ1v) is 18.5. The summed E-state index contributed by atoms with van der Waals surface area (Å²) < 4.78 is 4.86. The van der Waals surface area contributed by atoms with E-state index in [0.717, 1.165) is 0 Å². The normalized spacial score (nSPS) is 15.6. The summed E-state index contributed by atoms with van der Waals surface area (Å²) in [5.41, 5.74) is 4.56. The van der Waals surface area contributed by atoms with Gasteiger partial charge in [-0.2, -0.15) is 0 Å². The second-order valence-electron chi connectivity index (χ2n) is 8.33. The minimum absolute atomic E-state index is 1.41. The van der Waals surface area contributed by atoms with Crippen LogP contribution < -0.4 is 4.40 Å². The van der Waals surface area contributed by atoms with Crippen LogP contribution in [0.25, 0.3) is 20.1 Å². The molecule has 0 saturated heterocycles. The summed E-state index contributed by atoms with van der Waals surface area (Å²) in [7, 11) is 0. The maximum atomic E-state index is 2.61. The van der Waals surface area contributed by atoms with Crippen LogP contribution in [0.5, 0.6) is 0 Å². The molecule has 0 radical (unpaired) electrons. The second kappa shape index (κ2) is 6.43. The van der Waals surface area contributed by atoms with Gasteiger partial charge in [0.1, 0.15) is 0 Å². The van der Waals surface area contributed by atoms with Gasteiger partial charge in [-0.1, -0.05) is 0 Å². The third-order valence-electron chi connectivity index (χ3n) is 5.94. The molecule has 0 N–H and O–H groups in total. The molecule has 28 heavy (non-hydrogen) atoms. The van der Waals surface area contributed by atoms with Gasteiger partial charge in [-0.25, -0.2) is 0 Å². The van der Waals surface area contributed by atoms with Gasteiger partial charge >= 0.3 is 183 Å². The molecule has 4 heteroatoms. The first-order chi connectivity index (χ1) is 13.3. The zero-order valence-electron chi connectivity index (χ0n) is 17.2. The fraction of sp³-hybridized carbons (Fsp3) is 0.250. The van der Waals surface area contributed by atoms with Crippen LogP contribution in [0.3, 0.4) is 0 Å². The number of aryl methyl sites for hydroxylation is 4. The van der Waals surface area contributed by atoms with Gasteiger partial charge in [0, 0.05) is 0 Å². The van der Waals surface area contributed by atoms with E-state index in [0.29, 0.717) is 0 Å². The first kappa shape index (κ1) is 18.9. The Balaban J connectivity index is 1.94. The second-order valence-corrected chi connectivity index (χ2v) is 21.2. The molecule has 5 rings (SSSR count). The summed E-state index contributed by atoms with van der Waals surface area (Å²) in [6.45, 7) is 9.11. The van der Waals surface area contributed by atoms with Gasteiger partial charge in [0.25, 0.3) is 0 Å².